The van der Waals surface area contributed by atoms with Crippen molar-refractivity contribution in [2.45, 2.75) is 46.6 Å². The van der Waals surface area contributed by atoms with Gasteiger partial charge in [-0.15, -0.1) is 0 Å². The first kappa shape index (κ1) is 9.05. The van der Waals surface area contributed by atoms with Gasteiger partial charge < -0.3 is 4.90 Å². The third-order valence-electron chi connectivity index (χ3n) is 2.66. The first-order chi connectivity index (χ1) is 5.01. The Labute approximate surface area is 70.8 Å². The van der Waals surface area contributed by atoms with E-state index in [1.165, 1.54) is 25.9 Å². The van der Waals surface area contributed by atoms with Crippen LogP contribution >= 0.6 is 0 Å². The van der Waals surface area contributed by atoms with Gasteiger partial charge in [0.2, 0.25) is 0 Å². The summed E-state index contributed by atoms with van der Waals surface area (Å²) in [6.45, 7) is 11.9. The predicted molar refractivity (Wildman–Crippen MR) is 49.7 cm³/mol. The van der Waals surface area contributed by atoms with E-state index in [1.54, 1.807) is 0 Å². The maximum Gasteiger partial charge on any atom is 0.00388 e. The highest BCUT2D eigenvalue weighted by Gasteiger charge is 2.27. The number of piperidine rings is 1. The summed E-state index contributed by atoms with van der Waals surface area (Å²) in [5.74, 6) is 0. The van der Waals surface area contributed by atoms with Crippen LogP contribution in [0.2, 0.25) is 0 Å². The highest BCUT2D eigenvalue weighted by molar-refractivity contribution is 4.80. The molecular weight excluding hydrogens is 134 g/mol. The van der Waals surface area contributed by atoms with E-state index in [0.29, 0.717) is 5.41 Å². The van der Waals surface area contributed by atoms with Crippen molar-refractivity contribution in [2.24, 2.45) is 5.41 Å². The fourth-order valence-corrected chi connectivity index (χ4v) is 1.91. The monoisotopic (exact) mass is 155 g/mol. The van der Waals surface area contributed by atoms with Crippen molar-refractivity contribution in [1.82, 2.24) is 4.90 Å². The maximum absolute atomic E-state index is 2.59. The molecule has 0 aliphatic carbocycles. The molecule has 1 heterocycles. The molecule has 1 aliphatic rings. The summed E-state index contributed by atoms with van der Waals surface area (Å²) in [7, 11) is 0. The van der Waals surface area contributed by atoms with Crippen LogP contribution in [0.4, 0.5) is 0 Å². The molecule has 1 heteroatoms. The summed E-state index contributed by atoms with van der Waals surface area (Å²) in [6.07, 6.45) is 2.78. The van der Waals surface area contributed by atoms with Crippen LogP contribution in [0.3, 0.4) is 0 Å². The fourth-order valence-electron chi connectivity index (χ4n) is 1.91. The second kappa shape index (κ2) is 3.14. The second-order valence-electron chi connectivity index (χ2n) is 4.83. The van der Waals surface area contributed by atoms with E-state index in [4.69, 9.17) is 0 Å². The lowest BCUT2D eigenvalue weighted by Crippen LogP contribution is -2.43. The molecule has 0 radical (unpaired) electrons. The summed E-state index contributed by atoms with van der Waals surface area (Å²) in [5.41, 5.74) is 0.558. The highest BCUT2D eigenvalue weighted by atomic mass is 15.2. The summed E-state index contributed by atoms with van der Waals surface area (Å²) < 4.78 is 0. The Balaban J connectivity index is 2.46. The molecule has 0 amide bonds. The van der Waals surface area contributed by atoms with E-state index in [-0.39, 0.29) is 0 Å². The molecule has 0 N–H and O–H groups in total. The molecule has 1 rings (SSSR count). The number of rotatable bonds is 1. The van der Waals surface area contributed by atoms with Crippen molar-refractivity contribution < 1.29 is 0 Å². The Hall–Kier alpha value is -0.0400. The molecule has 0 unspecified atom stereocenters. The lowest BCUT2D eigenvalue weighted by Gasteiger charge is -2.40. The minimum Gasteiger partial charge on any atom is -0.300 e. The van der Waals surface area contributed by atoms with Gasteiger partial charge in [0, 0.05) is 12.6 Å². The van der Waals surface area contributed by atoms with Gasteiger partial charge in [0.25, 0.3) is 0 Å². The molecule has 1 aliphatic heterocycles. The number of hydrogen-bond donors (Lipinski definition) is 0. The van der Waals surface area contributed by atoms with Crippen molar-refractivity contribution >= 4 is 0 Å². The third-order valence-corrected chi connectivity index (χ3v) is 2.66. The predicted octanol–water partition coefficient (Wildman–Crippen LogP) is 2.52. The van der Waals surface area contributed by atoms with Crippen LogP contribution in [0, 0.1) is 5.41 Å². The van der Waals surface area contributed by atoms with E-state index in [1.807, 2.05) is 0 Å². The largest absolute Gasteiger partial charge is 0.300 e. The van der Waals surface area contributed by atoms with E-state index in [2.05, 4.69) is 32.6 Å². The average Bonchev–Trinajstić information content (AvgIpc) is 1.85. The SMILES string of the molecule is CC(C)N1CCCC(C)(C)C1. The van der Waals surface area contributed by atoms with Gasteiger partial charge in [-0.05, 0) is 38.6 Å². The van der Waals surface area contributed by atoms with Crippen molar-refractivity contribution in [2.75, 3.05) is 13.1 Å². The Morgan fingerprint density at radius 3 is 2.27 bits per heavy atom. The van der Waals surface area contributed by atoms with Gasteiger partial charge in [-0.1, -0.05) is 13.8 Å². The molecule has 1 saturated heterocycles. The van der Waals surface area contributed by atoms with Crippen molar-refractivity contribution in [1.29, 1.82) is 0 Å². The van der Waals surface area contributed by atoms with Gasteiger partial charge in [-0.3, -0.25) is 0 Å². The number of nitrogens with zero attached hydrogens (tertiary/aromatic N) is 1. The van der Waals surface area contributed by atoms with Crippen LogP contribution in [0.25, 0.3) is 0 Å². The van der Waals surface area contributed by atoms with Crippen LogP contribution in [0.1, 0.15) is 40.5 Å². The minimum absolute atomic E-state index is 0.558. The van der Waals surface area contributed by atoms with Crippen molar-refractivity contribution in [3.05, 3.63) is 0 Å². The number of hydrogen-bond acceptors (Lipinski definition) is 1. The Morgan fingerprint density at radius 1 is 1.27 bits per heavy atom. The fraction of sp³-hybridized carbons (Fsp3) is 1.00. The lowest BCUT2D eigenvalue weighted by molar-refractivity contribution is 0.0913. The minimum atomic E-state index is 0.558. The molecular formula is C10H21N. The van der Waals surface area contributed by atoms with E-state index in [0.717, 1.165) is 6.04 Å². The summed E-state index contributed by atoms with van der Waals surface area (Å²) in [6, 6.07) is 0.731. The van der Waals surface area contributed by atoms with Gasteiger partial charge in [0.05, 0.1) is 0 Å². The number of likely N-dealkylation sites (tertiary alicyclic amines) is 1. The molecule has 0 atom stereocenters. The van der Waals surface area contributed by atoms with Crippen LogP contribution in [0.5, 0.6) is 0 Å². The molecule has 0 spiro atoms. The smallest absolute Gasteiger partial charge is 0.00388 e. The van der Waals surface area contributed by atoms with Crippen molar-refractivity contribution in [3.63, 3.8) is 0 Å². The zero-order valence-electron chi connectivity index (χ0n) is 8.35. The molecule has 66 valence electrons. The van der Waals surface area contributed by atoms with E-state index >= 15 is 0 Å². The molecule has 0 aromatic rings. The lowest BCUT2D eigenvalue weighted by atomic mass is 9.84. The first-order valence-electron chi connectivity index (χ1n) is 4.75. The van der Waals surface area contributed by atoms with Gasteiger partial charge in [0.1, 0.15) is 0 Å². The van der Waals surface area contributed by atoms with Crippen LogP contribution in [-0.4, -0.2) is 24.0 Å². The molecule has 0 aromatic carbocycles. The quantitative estimate of drug-likeness (QED) is 0.562. The van der Waals surface area contributed by atoms with Gasteiger partial charge in [0.15, 0.2) is 0 Å². The maximum atomic E-state index is 2.59. The second-order valence-corrected chi connectivity index (χ2v) is 4.83. The topological polar surface area (TPSA) is 3.24 Å². The van der Waals surface area contributed by atoms with Crippen LogP contribution < -0.4 is 0 Å². The molecule has 0 bridgehead atoms. The normalized spacial score (nSPS) is 25.9. The summed E-state index contributed by atoms with van der Waals surface area (Å²) in [5, 5.41) is 0. The third kappa shape index (κ3) is 2.48. The van der Waals surface area contributed by atoms with Crippen LogP contribution in [0.15, 0.2) is 0 Å². The standard InChI is InChI=1S/C10H21N/c1-9(2)11-7-5-6-10(3,4)8-11/h9H,5-8H2,1-4H3. The van der Waals surface area contributed by atoms with Gasteiger partial charge in [-0.25, -0.2) is 0 Å². The molecule has 0 aromatic heterocycles. The van der Waals surface area contributed by atoms with Gasteiger partial charge >= 0.3 is 0 Å². The zero-order chi connectivity index (χ0) is 8.48. The molecule has 1 nitrogen and oxygen atoms in total. The average molecular weight is 155 g/mol. The Bertz CT molecular complexity index is 127. The van der Waals surface area contributed by atoms with Crippen LogP contribution in [-0.2, 0) is 0 Å². The first-order valence-corrected chi connectivity index (χ1v) is 4.75. The summed E-state index contributed by atoms with van der Waals surface area (Å²) >= 11 is 0. The molecule has 0 saturated carbocycles. The Kier molecular flexibility index (Phi) is 2.58. The molecule has 11 heavy (non-hydrogen) atoms. The zero-order valence-corrected chi connectivity index (χ0v) is 8.35. The van der Waals surface area contributed by atoms with E-state index < -0.39 is 0 Å². The van der Waals surface area contributed by atoms with Crippen molar-refractivity contribution in [3.8, 4) is 0 Å². The highest BCUT2D eigenvalue weighted by Crippen LogP contribution is 2.29. The van der Waals surface area contributed by atoms with Gasteiger partial charge in [-0.2, -0.15) is 0 Å². The van der Waals surface area contributed by atoms with E-state index in [9.17, 15) is 0 Å². The Morgan fingerprint density at radius 2 is 1.91 bits per heavy atom. The summed E-state index contributed by atoms with van der Waals surface area (Å²) in [4.78, 5) is 2.59. The molecule has 1 fully saturated rings.